The highest BCUT2D eigenvalue weighted by Crippen LogP contribution is 2.25. The first-order valence-electron chi connectivity index (χ1n) is 19.2. The molecule has 6 amide bonds. The summed E-state index contributed by atoms with van der Waals surface area (Å²) in [6, 6.07) is 3.56. The van der Waals surface area contributed by atoms with Crippen LogP contribution >= 0.6 is 0 Å². The lowest BCUT2D eigenvalue weighted by Gasteiger charge is -2.32. The summed E-state index contributed by atoms with van der Waals surface area (Å²) in [7, 11) is 0. The van der Waals surface area contributed by atoms with Crippen molar-refractivity contribution in [1.82, 2.24) is 36.4 Å². The molecule has 2 aliphatic rings. The minimum absolute atomic E-state index is 0.111. The summed E-state index contributed by atoms with van der Waals surface area (Å²) in [5.74, 6) is -3.69. The van der Waals surface area contributed by atoms with Crippen LogP contribution in [0.25, 0.3) is 0 Å². The van der Waals surface area contributed by atoms with Crippen LogP contribution in [0.3, 0.4) is 0 Å². The van der Waals surface area contributed by atoms with Crippen LogP contribution in [0, 0.1) is 17.2 Å². The normalized spacial score (nSPS) is 19.4. The second kappa shape index (κ2) is 21.7. The molecule has 10 N–H and O–H groups in total. The third-order valence-electron chi connectivity index (χ3n) is 10.3. The van der Waals surface area contributed by atoms with Crippen molar-refractivity contribution in [2.75, 3.05) is 26.2 Å². The third kappa shape index (κ3) is 13.0. The van der Waals surface area contributed by atoms with Crippen molar-refractivity contribution in [2.45, 2.75) is 115 Å². The fraction of sp³-hybridized carbons (Fsp3) is 0.632. The van der Waals surface area contributed by atoms with Gasteiger partial charge >= 0.3 is 0 Å². The van der Waals surface area contributed by atoms with Crippen molar-refractivity contribution in [3.8, 4) is 0 Å². The largest absolute Gasteiger partial charge is 0.370 e. The van der Waals surface area contributed by atoms with Crippen LogP contribution in [0.2, 0.25) is 0 Å². The van der Waals surface area contributed by atoms with Crippen molar-refractivity contribution < 1.29 is 33.6 Å². The Kier molecular flexibility index (Phi) is 17.5. The maximum absolute atomic E-state index is 14.0. The summed E-state index contributed by atoms with van der Waals surface area (Å²) in [4.78, 5) is 95.4. The Morgan fingerprint density at radius 1 is 0.891 bits per heavy atom. The van der Waals surface area contributed by atoms with E-state index in [4.69, 9.17) is 16.9 Å². The molecule has 0 unspecified atom stereocenters. The van der Waals surface area contributed by atoms with Gasteiger partial charge in [0.15, 0.2) is 5.96 Å². The van der Waals surface area contributed by atoms with E-state index in [1.165, 1.54) is 9.80 Å². The van der Waals surface area contributed by atoms with E-state index in [1.807, 2.05) is 50.5 Å². The van der Waals surface area contributed by atoms with Gasteiger partial charge in [0.05, 0.1) is 18.6 Å². The van der Waals surface area contributed by atoms with Gasteiger partial charge in [-0.1, -0.05) is 64.4 Å². The summed E-state index contributed by atoms with van der Waals surface area (Å²) >= 11 is 0. The highest BCUT2D eigenvalue weighted by atomic mass is 16.2. The van der Waals surface area contributed by atoms with Crippen molar-refractivity contribution >= 4 is 47.7 Å². The Labute approximate surface area is 323 Å². The number of likely N-dealkylation sites (tertiary alicyclic amines) is 2. The molecule has 0 bridgehead atoms. The molecule has 55 heavy (non-hydrogen) atoms. The van der Waals surface area contributed by atoms with Gasteiger partial charge in [0, 0.05) is 26.1 Å². The Morgan fingerprint density at radius 2 is 1.55 bits per heavy atom. The van der Waals surface area contributed by atoms with E-state index in [9.17, 15) is 33.6 Å². The SMILES string of the molecule is CC[C@H](C)[C@H](NC(=O)[C@H](Cc1ccccc1)NC(=O)[C@@H]1CCCN1C(=O)[C@@H]1CCCN1C(=O)CNC(=O)[C@@H](N)CCCNC(=N)N)C(=O)N[C@H]([C]=O)C(C)C. The van der Waals surface area contributed by atoms with Crippen molar-refractivity contribution in [3.05, 3.63) is 35.9 Å². The molecule has 3 rings (SSSR count). The van der Waals surface area contributed by atoms with E-state index in [0.29, 0.717) is 58.0 Å². The van der Waals surface area contributed by atoms with Crippen LogP contribution in [0.1, 0.15) is 78.2 Å². The number of carbonyl (C=O) groups is 6. The molecule has 0 aliphatic carbocycles. The number of nitrogens with two attached hydrogens (primary N) is 2. The van der Waals surface area contributed by atoms with Crippen molar-refractivity contribution in [3.63, 3.8) is 0 Å². The van der Waals surface area contributed by atoms with E-state index < -0.39 is 65.8 Å². The summed E-state index contributed by atoms with van der Waals surface area (Å²) < 4.78 is 0. The predicted octanol–water partition coefficient (Wildman–Crippen LogP) is -0.816. The first-order chi connectivity index (χ1) is 26.2. The van der Waals surface area contributed by atoms with Crippen LogP contribution in [-0.2, 0) is 40.0 Å². The Hall–Kier alpha value is -5.06. The molecule has 0 aromatic heterocycles. The molecule has 1 aromatic carbocycles. The second-order valence-electron chi connectivity index (χ2n) is 14.7. The van der Waals surface area contributed by atoms with E-state index in [2.05, 4.69) is 26.6 Å². The Morgan fingerprint density at radius 3 is 2.16 bits per heavy atom. The third-order valence-corrected chi connectivity index (χ3v) is 10.3. The average molecular weight is 768 g/mol. The number of nitrogens with zero attached hydrogens (tertiary/aromatic N) is 2. The number of hydrogen-bond acceptors (Lipinski definition) is 9. The number of rotatable bonds is 20. The molecule has 2 saturated heterocycles. The molecule has 303 valence electrons. The van der Waals surface area contributed by atoms with Gasteiger partial charge in [0.25, 0.3) is 0 Å². The van der Waals surface area contributed by atoms with Crippen molar-refractivity contribution in [2.24, 2.45) is 23.3 Å². The van der Waals surface area contributed by atoms with Crippen LogP contribution in [0.4, 0.5) is 0 Å². The van der Waals surface area contributed by atoms with Gasteiger partial charge in [-0.05, 0) is 55.9 Å². The zero-order valence-corrected chi connectivity index (χ0v) is 32.4. The van der Waals surface area contributed by atoms with Crippen LogP contribution in [0.5, 0.6) is 0 Å². The Balaban J connectivity index is 1.70. The van der Waals surface area contributed by atoms with Gasteiger partial charge in [-0.2, -0.15) is 0 Å². The summed E-state index contributed by atoms with van der Waals surface area (Å²) in [5.41, 5.74) is 12.0. The predicted molar refractivity (Wildman–Crippen MR) is 206 cm³/mol. The lowest BCUT2D eigenvalue weighted by Crippen LogP contribution is -2.60. The van der Waals surface area contributed by atoms with E-state index in [1.54, 1.807) is 13.8 Å². The average Bonchev–Trinajstić information content (AvgIpc) is 3.87. The zero-order valence-electron chi connectivity index (χ0n) is 32.4. The lowest BCUT2D eigenvalue weighted by atomic mass is 9.96. The molecular formula is C38H59N10O7. The molecule has 17 heteroatoms. The fourth-order valence-corrected chi connectivity index (χ4v) is 6.75. The molecule has 1 radical (unpaired) electrons. The highest BCUT2D eigenvalue weighted by Gasteiger charge is 2.43. The number of carbonyl (C=O) groups excluding carboxylic acids is 7. The molecule has 0 saturated carbocycles. The maximum atomic E-state index is 14.0. The number of hydrogen-bond donors (Lipinski definition) is 8. The number of nitrogens with one attached hydrogen (secondary N) is 6. The van der Waals surface area contributed by atoms with Crippen LogP contribution < -0.4 is 38.1 Å². The highest BCUT2D eigenvalue weighted by molar-refractivity contribution is 5.97. The lowest BCUT2D eigenvalue weighted by molar-refractivity contribution is -0.147. The first-order valence-corrected chi connectivity index (χ1v) is 19.2. The van der Waals surface area contributed by atoms with Gasteiger partial charge < -0.3 is 47.9 Å². The van der Waals surface area contributed by atoms with Gasteiger partial charge in [0.2, 0.25) is 41.7 Å². The summed E-state index contributed by atoms with van der Waals surface area (Å²) in [6.07, 6.45) is 5.15. The van der Waals surface area contributed by atoms with Gasteiger partial charge in [0.1, 0.15) is 24.2 Å². The minimum atomic E-state index is -1.10. The molecule has 0 spiro atoms. The maximum Gasteiger partial charge on any atom is 0.246 e. The van der Waals surface area contributed by atoms with Gasteiger partial charge in [-0.15, -0.1) is 0 Å². The Bertz CT molecular complexity index is 1510. The van der Waals surface area contributed by atoms with Crippen LogP contribution in [0.15, 0.2) is 30.3 Å². The van der Waals surface area contributed by atoms with Gasteiger partial charge in [-0.3, -0.25) is 39.0 Å². The monoisotopic (exact) mass is 767 g/mol. The van der Waals surface area contributed by atoms with E-state index in [0.717, 1.165) is 5.56 Å². The zero-order chi connectivity index (χ0) is 40.7. The van der Waals surface area contributed by atoms with Crippen LogP contribution in [-0.4, -0.2) is 120 Å². The quantitative estimate of drug-likeness (QED) is 0.0465. The van der Waals surface area contributed by atoms with E-state index >= 15 is 0 Å². The second-order valence-corrected chi connectivity index (χ2v) is 14.7. The topological polar surface area (TPSA) is 262 Å². The molecule has 7 atom stereocenters. The molecule has 2 aliphatic heterocycles. The van der Waals surface area contributed by atoms with E-state index in [-0.39, 0.29) is 43.2 Å². The molecule has 2 heterocycles. The molecular weight excluding hydrogens is 708 g/mol. The molecule has 17 nitrogen and oxygen atoms in total. The smallest absolute Gasteiger partial charge is 0.246 e. The summed E-state index contributed by atoms with van der Waals surface area (Å²) in [5, 5.41) is 20.7. The molecule has 2 fully saturated rings. The minimum Gasteiger partial charge on any atom is -0.370 e. The summed E-state index contributed by atoms with van der Waals surface area (Å²) in [6.45, 7) is 7.87. The standard InChI is InChI=1S/C38H59N10O7/c1-5-24(4)32(36(54)45-28(22-49)23(2)3)46-34(52)27(20-25-12-7-6-8-13-25)44-35(53)29-15-10-19-48(29)37(55)30-16-11-18-47(30)31(50)21-43-33(51)26(39)14-9-17-42-38(40)41/h6-8,12-13,23-24,26-30,32H,5,9-11,14-21,39H2,1-4H3,(H,43,51)(H,44,53)(H,45,54)(H,46,52)(H4,40,41,42)/t24-,26-,27-,28+,29-,30-,32-/m0/s1. The van der Waals surface area contributed by atoms with Crippen molar-refractivity contribution in [1.29, 1.82) is 5.41 Å². The fourth-order valence-electron chi connectivity index (χ4n) is 6.75. The number of amides is 6. The molecule has 1 aromatic rings. The number of guanidine groups is 1. The number of benzene rings is 1. The first kappa shape index (κ1) is 44.3. The van der Waals surface area contributed by atoms with Gasteiger partial charge in [-0.25, -0.2) is 0 Å².